The maximum Gasteiger partial charge on any atom is 0.231 e. The molecular formula is C11H11ClO3. The van der Waals surface area contributed by atoms with E-state index >= 15 is 0 Å². The second-order valence-electron chi connectivity index (χ2n) is 4.02. The molecule has 80 valence electrons. The first-order valence-electron chi connectivity index (χ1n) is 5.03. The summed E-state index contributed by atoms with van der Waals surface area (Å²) in [4.78, 5) is 0. The molecule has 1 fully saturated rings. The second-order valence-corrected chi connectivity index (χ2v) is 4.43. The van der Waals surface area contributed by atoms with Gasteiger partial charge in [0.25, 0.3) is 0 Å². The number of aliphatic hydroxyl groups excluding tert-OH is 1. The molecule has 15 heavy (non-hydrogen) atoms. The van der Waals surface area contributed by atoms with E-state index in [2.05, 4.69) is 0 Å². The molecule has 4 heteroatoms. The quantitative estimate of drug-likeness (QED) is 0.842. The molecule has 1 N–H and O–H groups in total. The van der Waals surface area contributed by atoms with Crippen molar-refractivity contribution in [2.24, 2.45) is 5.92 Å². The SMILES string of the molecule is OC(c1cc(Cl)c2c(c1)OCO2)C1CC1. The summed E-state index contributed by atoms with van der Waals surface area (Å²) < 4.78 is 10.5. The van der Waals surface area contributed by atoms with Gasteiger partial charge >= 0.3 is 0 Å². The minimum absolute atomic E-state index is 0.206. The minimum atomic E-state index is -0.419. The number of hydrogen-bond donors (Lipinski definition) is 1. The van der Waals surface area contributed by atoms with E-state index in [1.807, 2.05) is 6.07 Å². The molecule has 3 nitrogen and oxygen atoms in total. The van der Waals surface area contributed by atoms with Gasteiger partial charge in [0.05, 0.1) is 11.1 Å². The van der Waals surface area contributed by atoms with E-state index in [0.717, 1.165) is 18.4 Å². The first kappa shape index (κ1) is 9.31. The third-order valence-electron chi connectivity index (χ3n) is 2.86. The van der Waals surface area contributed by atoms with Crippen LogP contribution in [0.4, 0.5) is 0 Å². The summed E-state index contributed by atoms with van der Waals surface area (Å²) in [6.07, 6.45) is 1.76. The maximum absolute atomic E-state index is 9.96. The Morgan fingerprint density at radius 2 is 2.13 bits per heavy atom. The minimum Gasteiger partial charge on any atom is -0.454 e. The van der Waals surface area contributed by atoms with E-state index in [9.17, 15) is 5.11 Å². The molecule has 3 rings (SSSR count). The summed E-state index contributed by atoms with van der Waals surface area (Å²) in [5.41, 5.74) is 0.826. The van der Waals surface area contributed by atoms with Gasteiger partial charge in [0.1, 0.15) is 0 Å². The van der Waals surface area contributed by atoms with Crippen molar-refractivity contribution < 1.29 is 14.6 Å². The molecule has 1 heterocycles. The average molecular weight is 227 g/mol. The number of ether oxygens (including phenoxy) is 2. The lowest BCUT2D eigenvalue weighted by Crippen LogP contribution is -1.99. The molecule has 1 atom stereocenters. The van der Waals surface area contributed by atoms with Gasteiger partial charge in [0.2, 0.25) is 6.79 Å². The van der Waals surface area contributed by atoms with Crippen molar-refractivity contribution in [3.63, 3.8) is 0 Å². The molecule has 0 bridgehead atoms. The highest BCUT2D eigenvalue weighted by atomic mass is 35.5. The van der Waals surface area contributed by atoms with Crippen LogP contribution in [0.25, 0.3) is 0 Å². The lowest BCUT2D eigenvalue weighted by Gasteiger charge is -2.11. The molecule has 1 aromatic rings. The van der Waals surface area contributed by atoms with Crippen LogP contribution in [0, 0.1) is 5.92 Å². The third kappa shape index (κ3) is 1.56. The highest BCUT2D eigenvalue weighted by Crippen LogP contribution is 2.46. The Bertz CT molecular complexity index is 401. The van der Waals surface area contributed by atoms with Crippen LogP contribution in [0.3, 0.4) is 0 Å². The number of rotatable bonds is 2. The highest BCUT2D eigenvalue weighted by molar-refractivity contribution is 6.32. The van der Waals surface area contributed by atoms with Crippen molar-refractivity contribution in [3.05, 3.63) is 22.7 Å². The van der Waals surface area contributed by atoms with Gasteiger partial charge in [0.15, 0.2) is 11.5 Å². The number of halogens is 1. The van der Waals surface area contributed by atoms with E-state index in [4.69, 9.17) is 21.1 Å². The molecule has 0 spiro atoms. The molecule has 1 aromatic carbocycles. The molecule has 0 saturated heterocycles. The summed E-state index contributed by atoms with van der Waals surface area (Å²) >= 11 is 6.03. The second kappa shape index (κ2) is 3.29. The predicted octanol–water partition coefficient (Wildman–Crippen LogP) is 2.51. The van der Waals surface area contributed by atoms with Crippen LogP contribution in [0.2, 0.25) is 5.02 Å². The lowest BCUT2D eigenvalue weighted by atomic mass is 10.1. The molecule has 1 aliphatic heterocycles. The van der Waals surface area contributed by atoms with Gasteiger partial charge in [-0.25, -0.2) is 0 Å². The molecule has 0 aromatic heterocycles. The fraction of sp³-hybridized carbons (Fsp3) is 0.455. The molecule has 1 saturated carbocycles. The van der Waals surface area contributed by atoms with Gasteiger partial charge in [-0.15, -0.1) is 0 Å². The monoisotopic (exact) mass is 226 g/mol. The molecule has 0 amide bonds. The third-order valence-corrected chi connectivity index (χ3v) is 3.14. The van der Waals surface area contributed by atoms with Crippen LogP contribution in [0.1, 0.15) is 24.5 Å². The van der Waals surface area contributed by atoms with Crippen molar-refractivity contribution >= 4 is 11.6 Å². The van der Waals surface area contributed by atoms with Crippen molar-refractivity contribution in [1.29, 1.82) is 0 Å². The fourth-order valence-corrected chi connectivity index (χ4v) is 2.12. The van der Waals surface area contributed by atoms with Gasteiger partial charge in [-0.3, -0.25) is 0 Å². The van der Waals surface area contributed by atoms with Crippen molar-refractivity contribution in [2.75, 3.05) is 6.79 Å². The first-order valence-corrected chi connectivity index (χ1v) is 5.40. The van der Waals surface area contributed by atoms with Crippen molar-refractivity contribution in [3.8, 4) is 11.5 Å². The van der Waals surface area contributed by atoms with Gasteiger partial charge in [-0.05, 0) is 36.5 Å². The van der Waals surface area contributed by atoms with Gasteiger partial charge in [0, 0.05) is 0 Å². The Hall–Kier alpha value is -0.930. The van der Waals surface area contributed by atoms with E-state index in [1.54, 1.807) is 6.07 Å². The Morgan fingerprint density at radius 3 is 2.87 bits per heavy atom. The molecule has 1 aliphatic carbocycles. The summed E-state index contributed by atoms with van der Waals surface area (Å²) in [5.74, 6) is 1.61. The summed E-state index contributed by atoms with van der Waals surface area (Å²) in [6.45, 7) is 0.206. The summed E-state index contributed by atoms with van der Waals surface area (Å²) in [5, 5.41) is 10.5. The van der Waals surface area contributed by atoms with Crippen LogP contribution in [-0.2, 0) is 0 Å². The Balaban J connectivity index is 1.98. The number of benzene rings is 1. The normalized spacial score (nSPS) is 20.4. The van der Waals surface area contributed by atoms with Crippen molar-refractivity contribution in [2.45, 2.75) is 18.9 Å². The van der Waals surface area contributed by atoms with Crippen LogP contribution >= 0.6 is 11.6 Å². The number of fused-ring (bicyclic) bond motifs is 1. The predicted molar refractivity (Wildman–Crippen MR) is 55.3 cm³/mol. The Kier molecular flexibility index (Phi) is 2.04. The molecule has 2 aliphatic rings. The van der Waals surface area contributed by atoms with Crippen molar-refractivity contribution in [1.82, 2.24) is 0 Å². The van der Waals surface area contributed by atoms with Gasteiger partial charge in [-0.2, -0.15) is 0 Å². The average Bonchev–Trinajstić information content (AvgIpc) is 2.96. The Labute approximate surface area is 92.6 Å². The molecular weight excluding hydrogens is 216 g/mol. The van der Waals surface area contributed by atoms with E-state index in [-0.39, 0.29) is 6.79 Å². The van der Waals surface area contributed by atoms with E-state index in [1.165, 1.54) is 0 Å². The zero-order valence-electron chi connectivity index (χ0n) is 8.07. The van der Waals surface area contributed by atoms with Crippen LogP contribution in [-0.4, -0.2) is 11.9 Å². The lowest BCUT2D eigenvalue weighted by molar-refractivity contribution is 0.153. The first-order chi connectivity index (χ1) is 7.25. The maximum atomic E-state index is 9.96. The fourth-order valence-electron chi connectivity index (χ4n) is 1.84. The van der Waals surface area contributed by atoms with E-state index in [0.29, 0.717) is 22.4 Å². The van der Waals surface area contributed by atoms with Crippen LogP contribution in [0.5, 0.6) is 11.5 Å². The van der Waals surface area contributed by atoms with Gasteiger partial charge in [-0.1, -0.05) is 11.6 Å². The summed E-state index contributed by atoms with van der Waals surface area (Å²) in [7, 11) is 0. The number of hydrogen-bond acceptors (Lipinski definition) is 3. The summed E-state index contributed by atoms with van der Waals surface area (Å²) in [6, 6.07) is 3.58. The van der Waals surface area contributed by atoms with Crippen LogP contribution in [0.15, 0.2) is 12.1 Å². The smallest absolute Gasteiger partial charge is 0.231 e. The number of aliphatic hydroxyl groups is 1. The van der Waals surface area contributed by atoms with Crippen LogP contribution < -0.4 is 9.47 Å². The zero-order chi connectivity index (χ0) is 10.4. The largest absolute Gasteiger partial charge is 0.454 e. The zero-order valence-corrected chi connectivity index (χ0v) is 8.83. The highest BCUT2D eigenvalue weighted by Gasteiger charge is 2.32. The molecule has 1 unspecified atom stereocenters. The standard InChI is InChI=1S/C11H11ClO3/c12-8-3-7(10(13)6-1-2-6)4-9-11(8)15-5-14-9/h3-4,6,10,13H,1-2,5H2. The molecule has 0 radical (unpaired) electrons. The van der Waals surface area contributed by atoms with E-state index < -0.39 is 6.10 Å². The topological polar surface area (TPSA) is 38.7 Å². The Morgan fingerprint density at radius 1 is 1.33 bits per heavy atom. The van der Waals surface area contributed by atoms with Gasteiger partial charge < -0.3 is 14.6 Å².